The second-order valence-corrected chi connectivity index (χ2v) is 7.58. The Morgan fingerprint density at radius 1 is 1.07 bits per heavy atom. The summed E-state index contributed by atoms with van der Waals surface area (Å²) in [5, 5.41) is 3.14. The summed E-state index contributed by atoms with van der Waals surface area (Å²) < 4.78 is 2.14. The summed E-state index contributed by atoms with van der Waals surface area (Å²) in [5.41, 5.74) is 3.16. The van der Waals surface area contributed by atoms with Gasteiger partial charge in [0.2, 0.25) is 5.91 Å². The van der Waals surface area contributed by atoms with Crippen LogP contribution in [0.5, 0.6) is 0 Å². The van der Waals surface area contributed by atoms with E-state index in [0.29, 0.717) is 12.5 Å². The molecule has 0 saturated heterocycles. The highest BCUT2D eigenvalue weighted by atomic mass is 16.2. The van der Waals surface area contributed by atoms with Crippen molar-refractivity contribution in [1.82, 2.24) is 14.9 Å². The van der Waals surface area contributed by atoms with E-state index < -0.39 is 0 Å². The summed E-state index contributed by atoms with van der Waals surface area (Å²) in [6, 6.07) is 18.2. The maximum atomic E-state index is 12.8. The predicted octanol–water partition coefficient (Wildman–Crippen LogP) is 4.96. The molecule has 0 bridgehead atoms. The molecule has 27 heavy (non-hydrogen) atoms. The van der Waals surface area contributed by atoms with Crippen molar-refractivity contribution in [2.24, 2.45) is 0 Å². The summed E-state index contributed by atoms with van der Waals surface area (Å²) in [4.78, 5) is 17.7. The Labute approximate surface area is 160 Å². The van der Waals surface area contributed by atoms with Crippen LogP contribution < -0.4 is 5.32 Å². The first-order valence-electron chi connectivity index (χ1n) is 10.0. The van der Waals surface area contributed by atoms with Gasteiger partial charge in [-0.3, -0.25) is 4.79 Å². The van der Waals surface area contributed by atoms with Gasteiger partial charge in [-0.15, -0.1) is 0 Å². The van der Waals surface area contributed by atoms with Crippen LogP contribution >= 0.6 is 0 Å². The smallest absolute Gasteiger partial charge is 0.240 e. The summed E-state index contributed by atoms with van der Waals surface area (Å²) in [5.74, 6) is 1.58. The standard InChI is InChI=1S/C23H27N3O/c1-17(18-10-4-2-5-11-18)24-22(27)16-26-21-15-9-8-14-20(21)25-23(26)19-12-6-3-7-13-19/h2,4-5,8-11,14-15,17,19H,3,6-7,12-13,16H2,1H3,(H,24,27). The van der Waals surface area contributed by atoms with E-state index in [1.54, 1.807) is 0 Å². The van der Waals surface area contributed by atoms with Crippen LogP contribution in [0.15, 0.2) is 54.6 Å². The quantitative estimate of drug-likeness (QED) is 0.698. The van der Waals surface area contributed by atoms with Gasteiger partial charge in [0.05, 0.1) is 17.1 Å². The molecule has 0 spiro atoms. The number of hydrogen-bond acceptors (Lipinski definition) is 2. The van der Waals surface area contributed by atoms with Crippen LogP contribution in [0.3, 0.4) is 0 Å². The van der Waals surface area contributed by atoms with Gasteiger partial charge in [-0.05, 0) is 37.5 Å². The molecule has 1 aliphatic rings. The minimum absolute atomic E-state index is 0.00776. The Hall–Kier alpha value is -2.62. The lowest BCUT2D eigenvalue weighted by Gasteiger charge is -2.22. The first-order valence-corrected chi connectivity index (χ1v) is 10.0. The molecule has 1 aliphatic carbocycles. The molecule has 140 valence electrons. The number of nitrogens with one attached hydrogen (secondary N) is 1. The van der Waals surface area contributed by atoms with Gasteiger partial charge in [0.25, 0.3) is 0 Å². The zero-order chi connectivity index (χ0) is 18.6. The average molecular weight is 361 g/mol. The number of carbonyl (C=O) groups excluding carboxylic acids is 1. The van der Waals surface area contributed by atoms with Gasteiger partial charge in [0.15, 0.2) is 0 Å². The van der Waals surface area contributed by atoms with E-state index in [2.05, 4.69) is 16.0 Å². The molecule has 0 aliphatic heterocycles. The highest BCUT2D eigenvalue weighted by Gasteiger charge is 2.23. The monoisotopic (exact) mass is 361 g/mol. The number of amides is 1. The maximum Gasteiger partial charge on any atom is 0.240 e. The van der Waals surface area contributed by atoms with E-state index >= 15 is 0 Å². The van der Waals surface area contributed by atoms with E-state index in [9.17, 15) is 4.79 Å². The SMILES string of the molecule is CC(NC(=O)Cn1c(C2CCCCC2)nc2ccccc21)c1ccccc1. The van der Waals surface area contributed by atoms with Crippen LogP contribution in [-0.2, 0) is 11.3 Å². The molecule has 4 rings (SSSR count). The number of imidazole rings is 1. The molecular formula is C23H27N3O. The van der Waals surface area contributed by atoms with Gasteiger partial charge >= 0.3 is 0 Å². The summed E-state index contributed by atoms with van der Waals surface area (Å²) in [6.45, 7) is 2.35. The van der Waals surface area contributed by atoms with Gasteiger partial charge in [-0.2, -0.15) is 0 Å². The fourth-order valence-corrected chi connectivity index (χ4v) is 4.19. The molecule has 1 amide bonds. The molecule has 1 unspecified atom stereocenters. The number of para-hydroxylation sites is 2. The Morgan fingerprint density at radius 2 is 1.78 bits per heavy atom. The first kappa shape index (κ1) is 17.8. The Bertz CT molecular complexity index is 910. The first-order chi connectivity index (χ1) is 13.2. The zero-order valence-electron chi connectivity index (χ0n) is 15.9. The predicted molar refractivity (Wildman–Crippen MR) is 109 cm³/mol. The largest absolute Gasteiger partial charge is 0.348 e. The summed E-state index contributed by atoms with van der Waals surface area (Å²) in [7, 11) is 0. The van der Waals surface area contributed by atoms with E-state index in [-0.39, 0.29) is 11.9 Å². The van der Waals surface area contributed by atoms with E-state index in [1.165, 1.54) is 32.1 Å². The van der Waals surface area contributed by atoms with Gasteiger partial charge in [0.1, 0.15) is 12.4 Å². The molecular weight excluding hydrogens is 334 g/mol. The van der Waals surface area contributed by atoms with Gasteiger partial charge in [0, 0.05) is 5.92 Å². The van der Waals surface area contributed by atoms with Crippen LogP contribution in [0.25, 0.3) is 11.0 Å². The Morgan fingerprint density at radius 3 is 2.56 bits per heavy atom. The molecule has 0 radical (unpaired) electrons. The lowest BCUT2D eigenvalue weighted by molar-refractivity contribution is -0.122. The number of nitrogens with zero attached hydrogens (tertiary/aromatic N) is 2. The van der Waals surface area contributed by atoms with Crippen molar-refractivity contribution in [3.63, 3.8) is 0 Å². The second-order valence-electron chi connectivity index (χ2n) is 7.58. The van der Waals surface area contributed by atoms with Crippen molar-refractivity contribution in [3.05, 3.63) is 66.0 Å². The number of rotatable bonds is 5. The fourth-order valence-electron chi connectivity index (χ4n) is 4.19. The highest BCUT2D eigenvalue weighted by molar-refractivity contribution is 5.81. The third-order valence-electron chi connectivity index (χ3n) is 5.63. The van der Waals surface area contributed by atoms with Crippen LogP contribution in [0.1, 0.15) is 62.4 Å². The van der Waals surface area contributed by atoms with Gasteiger partial charge in [-0.25, -0.2) is 4.98 Å². The number of fused-ring (bicyclic) bond motifs is 1. The minimum atomic E-state index is -0.00776. The number of hydrogen-bond donors (Lipinski definition) is 1. The lowest BCUT2D eigenvalue weighted by atomic mass is 9.88. The number of aromatic nitrogens is 2. The summed E-state index contributed by atoms with van der Waals surface area (Å²) >= 11 is 0. The van der Waals surface area contributed by atoms with Crippen molar-refractivity contribution in [3.8, 4) is 0 Å². The molecule has 3 aromatic rings. The van der Waals surface area contributed by atoms with Crippen LogP contribution in [0.4, 0.5) is 0 Å². The number of carbonyl (C=O) groups is 1. The van der Waals surface area contributed by atoms with Crippen molar-refractivity contribution in [2.45, 2.75) is 57.5 Å². The molecule has 1 atom stereocenters. The van der Waals surface area contributed by atoms with Gasteiger partial charge < -0.3 is 9.88 Å². The fraction of sp³-hybridized carbons (Fsp3) is 0.391. The Kier molecular flexibility index (Phi) is 5.23. The van der Waals surface area contributed by atoms with Crippen LogP contribution in [0.2, 0.25) is 0 Å². The molecule has 4 nitrogen and oxygen atoms in total. The Balaban J connectivity index is 1.57. The highest BCUT2D eigenvalue weighted by Crippen LogP contribution is 2.33. The maximum absolute atomic E-state index is 12.8. The van der Waals surface area contributed by atoms with E-state index in [1.807, 2.05) is 55.5 Å². The molecule has 1 heterocycles. The minimum Gasteiger partial charge on any atom is -0.348 e. The lowest BCUT2D eigenvalue weighted by Crippen LogP contribution is -2.31. The number of benzene rings is 2. The van der Waals surface area contributed by atoms with Crippen LogP contribution in [0, 0.1) is 0 Å². The molecule has 1 saturated carbocycles. The van der Waals surface area contributed by atoms with Crippen LogP contribution in [-0.4, -0.2) is 15.5 Å². The third-order valence-corrected chi connectivity index (χ3v) is 5.63. The molecule has 1 aromatic heterocycles. The van der Waals surface area contributed by atoms with Crippen molar-refractivity contribution >= 4 is 16.9 Å². The van der Waals surface area contributed by atoms with E-state index in [4.69, 9.17) is 4.98 Å². The second kappa shape index (κ2) is 7.95. The molecule has 1 N–H and O–H groups in total. The zero-order valence-corrected chi connectivity index (χ0v) is 15.9. The average Bonchev–Trinajstić information content (AvgIpc) is 3.08. The van der Waals surface area contributed by atoms with Crippen molar-refractivity contribution in [1.29, 1.82) is 0 Å². The topological polar surface area (TPSA) is 46.9 Å². The normalized spacial score (nSPS) is 16.3. The van der Waals surface area contributed by atoms with E-state index in [0.717, 1.165) is 22.4 Å². The van der Waals surface area contributed by atoms with Gasteiger partial charge in [-0.1, -0.05) is 61.7 Å². The molecule has 1 fully saturated rings. The third kappa shape index (κ3) is 3.90. The van der Waals surface area contributed by atoms with Crippen molar-refractivity contribution < 1.29 is 4.79 Å². The molecule has 2 aromatic carbocycles. The van der Waals surface area contributed by atoms with Crippen molar-refractivity contribution in [2.75, 3.05) is 0 Å². The summed E-state index contributed by atoms with van der Waals surface area (Å²) in [6.07, 6.45) is 6.17. The molecule has 4 heteroatoms.